The molecule has 1 aromatic heterocycles. The first-order valence-corrected chi connectivity index (χ1v) is 10.4. The second-order valence-corrected chi connectivity index (χ2v) is 7.59. The molecule has 1 amide bonds. The molecule has 0 spiro atoms. The molecule has 2 fully saturated rings. The lowest BCUT2D eigenvalue weighted by atomic mass is 10.0. The van der Waals surface area contributed by atoms with Gasteiger partial charge in [0.15, 0.2) is 6.23 Å². The van der Waals surface area contributed by atoms with Gasteiger partial charge in [0.05, 0.1) is 19.4 Å². The molecule has 2 saturated heterocycles. The van der Waals surface area contributed by atoms with Crippen molar-refractivity contribution in [3.8, 4) is 17.0 Å². The summed E-state index contributed by atoms with van der Waals surface area (Å²) in [7, 11) is 1.62. The lowest BCUT2D eigenvalue weighted by Gasteiger charge is -2.24. The van der Waals surface area contributed by atoms with Gasteiger partial charge in [-0.15, -0.1) is 0 Å². The molecule has 2 aromatic rings. The van der Waals surface area contributed by atoms with E-state index >= 15 is 0 Å². The summed E-state index contributed by atoms with van der Waals surface area (Å²) in [5.41, 5.74) is 2.90. The van der Waals surface area contributed by atoms with Crippen molar-refractivity contribution in [1.82, 2.24) is 15.1 Å². The summed E-state index contributed by atoms with van der Waals surface area (Å²) in [5, 5.41) is 7.23. The molecule has 0 saturated carbocycles. The maximum atomic E-state index is 12.3. The first kappa shape index (κ1) is 20.4. The minimum absolute atomic E-state index is 0.0498. The molecule has 0 bridgehead atoms. The molecule has 1 N–H and O–H groups in total. The van der Waals surface area contributed by atoms with E-state index in [1.807, 2.05) is 28.9 Å². The van der Waals surface area contributed by atoms with Crippen LogP contribution in [0.25, 0.3) is 11.3 Å². The fourth-order valence-electron chi connectivity index (χ4n) is 3.96. The molecular weight excluding hydrogens is 386 g/mol. The Labute approximate surface area is 175 Å². The van der Waals surface area contributed by atoms with E-state index in [0.717, 1.165) is 48.4 Å². The van der Waals surface area contributed by atoms with Crippen LogP contribution in [0.15, 0.2) is 30.5 Å². The van der Waals surface area contributed by atoms with E-state index in [-0.39, 0.29) is 24.5 Å². The third kappa shape index (κ3) is 4.48. The smallest absolute Gasteiger partial charge is 0.328 e. The Kier molecular flexibility index (Phi) is 6.32. The van der Waals surface area contributed by atoms with Crippen LogP contribution in [0.2, 0.25) is 0 Å². The van der Waals surface area contributed by atoms with Crippen molar-refractivity contribution in [2.24, 2.45) is 0 Å². The van der Waals surface area contributed by atoms with E-state index in [1.165, 1.54) is 0 Å². The number of nitrogens with zero attached hydrogens (tertiary/aromatic N) is 2. The van der Waals surface area contributed by atoms with E-state index < -0.39 is 6.04 Å². The monoisotopic (exact) mass is 413 g/mol. The number of hydrogen-bond donors (Lipinski definition) is 1. The van der Waals surface area contributed by atoms with Crippen molar-refractivity contribution in [1.29, 1.82) is 0 Å². The molecule has 0 radical (unpaired) electrons. The molecular formula is C22H27N3O5. The van der Waals surface area contributed by atoms with Crippen LogP contribution in [0.1, 0.15) is 43.9 Å². The summed E-state index contributed by atoms with van der Waals surface area (Å²) in [6.45, 7) is 1.11. The first-order chi connectivity index (χ1) is 14.7. The Bertz CT molecular complexity index is 904. The fraction of sp³-hybridized carbons (Fsp3) is 0.500. The summed E-state index contributed by atoms with van der Waals surface area (Å²) in [5.74, 6) is 0.194. The van der Waals surface area contributed by atoms with Crippen LogP contribution in [-0.2, 0) is 25.5 Å². The average Bonchev–Trinajstić information content (AvgIpc) is 3.42. The molecule has 1 aromatic carbocycles. The second-order valence-electron chi connectivity index (χ2n) is 7.59. The predicted molar refractivity (Wildman–Crippen MR) is 109 cm³/mol. The van der Waals surface area contributed by atoms with Crippen molar-refractivity contribution < 1.29 is 23.8 Å². The first-order valence-electron chi connectivity index (χ1n) is 10.4. The lowest BCUT2D eigenvalue weighted by Crippen LogP contribution is -2.38. The van der Waals surface area contributed by atoms with Gasteiger partial charge in [-0.25, -0.2) is 9.48 Å². The zero-order chi connectivity index (χ0) is 20.9. The SMILES string of the molecule is COc1ccc(-c2ccnn2[C@@H]2CCCCO2)cc1CCC(=O)N[C@@H]1CCOC1=O. The standard InChI is InChI=1S/C22H27N3O5/c1-28-19-7-5-15(18-9-11-23-25(18)21-4-2-3-12-29-21)14-16(19)6-8-20(26)24-17-10-13-30-22(17)27/h5,7,9,11,14,17,21H,2-4,6,8,10,12-13H2,1H3,(H,24,26)/t17-,21+/m1/s1. The maximum Gasteiger partial charge on any atom is 0.328 e. The lowest BCUT2D eigenvalue weighted by molar-refractivity contribution is -0.141. The number of benzene rings is 1. The summed E-state index contributed by atoms with van der Waals surface area (Å²) in [6, 6.07) is 7.38. The number of hydrogen-bond acceptors (Lipinski definition) is 6. The molecule has 0 aliphatic carbocycles. The summed E-state index contributed by atoms with van der Waals surface area (Å²) in [4.78, 5) is 23.8. The van der Waals surface area contributed by atoms with Crippen molar-refractivity contribution >= 4 is 11.9 Å². The van der Waals surface area contributed by atoms with Gasteiger partial charge in [0, 0.05) is 31.2 Å². The zero-order valence-electron chi connectivity index (χ0n) is 17.1. The molecule has 4 rings (SSSR count). The number of aromatic nitrogens is 2. The predicted octanol–water partition coefficient (Wildman–Crippen LogP) is 2.62. The van der Waals surface area contributed by atoms with Crippen LogP contribution in [-0.4, -0.2) is 48.0 Å². The minimum atomic E-state index is -0.532. The highest BCUT2D eigenvalue weighted by Crippen LogP contribution is 2.31. The number of ether oxygens (including phenoxy) is 3. The number of aryl methyl sites for hydroxylation is 1. The largest absolute Gasteiger partial charge is 0.496 e. The van der Waals surface area contributed by atoms with E-state index in [1.54, 1.807) is 13.3 Å². The highest BCUT2D eigenvalue weighted by Gasteiger charge is 2.27. The number of nitrogens with one attached hydrogen (secondary N) is 1. The van der Waals surface area contributed by atoms with Gasteiger partial charge in [-0.2, -0.15) is 5.10 Å². The van der Waals surface area contributed by atoms with E-state index in [2.05, 4.69) is 10.4 Å². The van der Waals surface area contributed by atoms with Gasteiger partial charge in [-0.3, -0.25) is 4.79 Å². The van der Waals surface area contributed by atoms with E-state index in [0.29, 0.717) is 19.4 Å². The van der Waals surface area contributed by atoms with Gasteiger partial charge >= 0.3 is 5.97 Å². The third-order valence-corrected chi connectivity index (χ3v) is 5.57. The maximum absolute atomic E-state index is 12.3. The Balaban J connectivity index is 1.48. The van der Waals surface area contributed by atoms with Gasteiger partial charge in [0.25, 0.3) is 0 Å². The van der Waals surface area contributed by atoms with E-state index in [4.69, 9.17) is 14.2 Å². The van der Waals surface area contributed by atoms with E-state index in [9.17, 15) is 9.59 Å². The highest BCUT2D eigenvalue weighted by molar-refractivity contribution is 5.85. The van der Waals surface area contributed by atoms with Crippen LogP contribution >= 0.6 is 0 Å². The van der Waals surface area contributed by atoms with Gasteiger partial charge in [0.2, 0.25) is 5.91 Å². The van der Waals surface area contributed by atoms with Crippen LogP contribution in [0.3, 0.4) is 0 Å². The van der Waals surface area contributed by atoms with Gasteiger partial charge in [-0.1, -0.05) is 0 Å². The molecule has 30 heavy (non-hydrogen) atoms. The van der Waals surface area contributed by atoms with Gasteiger partial charge in [-0.05, 0) is 55.5 Å². The molecule has 8 heteroatoms. The number of carbonyl (C=O) groups is 2. The number of amides is 1. The van der Waals surface area contributed by atoms with Crippen molar-refractivity contribution in [3.63, 3.8) is 0 Å². The Morgan fingerprint density at radius 3 is 2.90 bits per heavy atom. The van der Waals surface area contributed by atoms with Gasteiger partial charge in [0.1, 0.15) is 11.8 Å². The fourth-order valence-corrected chi connectivity index (χ4v) is 3.96. The average molecular weight is 413 g/mol. The Morgan fingerprint density at radius 2 is 2.17 bits per heavy atom. The minimum Gasteiger partial charge on any atom is -0.496 e. The summed E-state index contributed by atoms with van der Waals surface area (Å²) < 4.78 is 18.2. The zero-order valence-corrected chi connectivity index (χ0v) is 17.1. The molecule has 160 valence electrons. The molecule has 3 heterocycles. The van der Waals surface area contributed by atoms with Crippen LogP contribution in [0.4, 0.5) is 0 Å². The number of cyclic esters (lactones) is 1. The Hall–Kier alpha value is -2.87. The number of rotatable bonds is 7. The summed E-state index contributed by atoms with van der Waals surface area (Å²) >= 11 is 0. The normalized spacial score (nSPS) is 21.3. The third-order valence-electron chi connectivity index (χ3n) is 5.57. The topological polar surface area (TPSA) is 91.7 Å². The Morgan fingerprint density at radius 1 is 1.27 bits per heavy atom. The van der Waals surface area contributed by atoms with Crippen LogP contribution in [0, 0.1) is 0 Å². The molecule has 0 unspecified atom stereocenters. The second kappa shape index (κ2) is 9.30. The van der Waals surface area contributed by atoms with Crippen molar-refractivity contribution in [3.05, 3.63) is 36.0 Å². The highest BCUT2D eigenvalue weighted by atomic mass is 16.5. The molecule has 8 nitrogen and oxygen atoms in total. The van der Waals surface area contributed by atoms with Crippen molar-refractivity contribution in [2.75, 3.05) is 20.3 Å². The number of esters is 1. The quantitative estimate of drug-likeness (QED) is 0.702. The van der Waals surface area contributed by atoms with Crippen LogP contribution in [0.5, 0.6) is 5.75 Å². The van der Waals surface area contributed by atoms with Crippen LogP contribution < -0.4 is 10.1 Å². The number of carbonyl (C=O) groups excluding carboxylic acids is 2. The number of methoxy groups -OCH3 is 1. The molecule has 2 atom stereocenters. The van der Waals surface area contributed by atoms with Crippen molar-refractivity contribution in [2.45, 2.75) is 50.8 Å². The van der Waals surface area contributed by atoms with Gasteiger partial charge < -0.3 is 19.5 Å². The molecule has 2 aliphatic rings. The molecule has 2 aliphatic heterocycles. The summed E-state index contributed by atoms with van der Waals surface area (Å²) in [6.07, 6.45) is 6.17.